The molecule has 1 aromatic heterocycles. The van der Waals surface area contributed by atoms with E-state index >= 15 is 0 Å². The fraction of sp³-hybridized carbons (Fsp3) is 0.464. The Labute approximate surface area is 222 Å². The Balaban J connectivity index is 1.46. The standard InChI is InChI=1S/C28H35N3O5S/c1-31(2,3)11-8-12-36-23-13-21-24(14-22(23)34-4)37-25(30-21)18-29-27(33)28(17-26(32)35-5)15-19-9-6-7-10-20(19)16-28/h6-7,9-10,13-14H,8,11-12,15-18H2,1-5H3/p+1. The minimum atomic E-state index is -0.858. The van der Waals surface area contributed by atoms with E-state index in [0.717, 1.165) is 43.8 Å². The molecule has 4 rings (SSSR count). The van der Waals surface area contributed by atoms with Gasteiger partial charge in [0.05, 0.1) is 77.1 Å². The number of ether oxygens (including phenoxy) is 3. The Bertz CT molecular complexity index is 1260. The van der Waals surface area contributed by atoms with Gasteiger partial charge >= 0.3 is 5.97 Å². The van der Waals surface area contributed by atoms with E-state index in [2.05, 4.69) is 26.5 Å². The zero-order chi connectivity index (χ0) is 26.6. The molecule has 1 amide bonds. The van der Waals surface area contributed by atoms with Gasteiger partial charge in [-0.1, -0.05) is 24.3 Å². The summed E-state index contributed by atoms with van der Waals surface area (Å²) in [5.41, 5.74) is 2.14. The van der Waals surface area contributed by atoms with Gasteiger partial charge in [0.2, 0.25) is 5.91 Å². The van der Waals surface area contributed by atoms with Gasteiger partial charge < -0.3 is 24.0 Å². The molecule has 1 heterocycles. The highest BCUT2D eigenvalue weighted by molar-refractivity contribution is 7.18. The number of nitrogens with one attached hydrogen (secondary N) is 1. The van der Waals surface area contributed by atoms with Crippen molar-refractivity contribution in [2.45, 2.75) is 32.2 Å². The van der Waals surface area contributed by atoms with Crippen LogP contribution in [0.25, 0.3) is 10.2 Å². The molecular formula is C28H36N3O5S+. The van der Waals surface area contributed by atoms with Crippen molar-refractivity contribution in [3.63, 3.8) is 0 Å². The number of rotatable bonds is 11. The monoisotopic (exact) mass is 526 g/mol. The third-order valence-corrected chi connectivity index (χ3v) is 7.74. The molecule has 1 N–H and O–H groups in total. The topological polar surface area (TPSA) is 86.8 Å². The van der Waals surface area contributed by atoms with E-state index in [0.29, 0.717) is 30.9 Å². The van der Waals surface area contributed by atoms with Gasteiger partial charge in [-0.15, -0.1) is 11.3 Å². The van der Waals surface area contributed by atoms with E-state index in [4.69, 9.17) is 19.2 Å². The number of quaternary nitrogens is 1. The zero-order valence-corrected chi connectivity index (χ0v) is 23.1. The highest BCUT2D eigenvalue weighted by Crippen LogP contribution is 2.41. The minimum Gasteiger partial charge on any atom is -0.493 e. The molecule has 1 aliphatic carbocycles. The van der Waals surface area contributed by atoms with E-state index < -0.39 is 5.41 Å². The summed E-state index contributed by atoms with van der Waals surface area (Å²) in [4.78, 5) is 30.4. The largest absolute Gasteiger partial charge is 0.493 e. The van der Waals surface area contributed by atoms with Crippen molar-refractivity contribution < 1.29 is 28.3 Å². The number of aromatic nitrogens is 1. The molecule has 2 aromatic carbocycles. The molecule has 0 fully saturated rings. The number of fused-ring (bicyclic) bond motifs is 2. The smallest absolute Gasteiger partial charge is 0.306 e. The van der Waals surface area contributed by atoms with Crippen LogP contribution in [-0.4, -0.2) is 69.9 Å². The first kappa shape index (κ1) is 26.9. The lowest BCUT2D eigenvalue weighted by Crippen LogP contribution is -2.43. The fourth-order valence-corrected chi connectivity index (χ4v) is 5.72. The Morgan fingerprint density at radius 1 is 1.08 bits per heavy atom. The van der Waals surface area contributed by atoms with Crippen molar-refractivity contribution in [3.8, 4) is 11.5 Å². The SMILES string of the molecule is COC(=O)CC1(C(=O)NCc2nc3cc(OCCC[N+](C)(C)C)c(OC)cc3s2)Cc2ccccc2C1. The molecule has 0 spiro atoms. The molecule has 198 valence electrons. The van der Waals surface area contributed by atoms with Gasteiger partial charge in [0.15, 0.2) is 11.5 Å². The van der Waals surface area contributed by atoms with Gasteiger partial charge in [0.25, 0.3) is 0 Å². The first-order valence-electron chi connectivity index (χ1n) is 12.4. The molecule has 0 aliphatic heterocycles. The molecule has 1 aliphatic rings. The lowest BCUT2D eigenvalue weighted by atomic mass is 9.80. The van der Waals surface area contributed by atoms with Crippen LogP contribution < -0.4 is 14.8 Å². The molecular weight excluding hydrogens is 490 g/mol. The maximum atomic E-state index is 13.5. The number of carbonyl (C=O) groups is 2. The number of methoxy groups -OCH3 is 2. The number of carbonyl (C=O) groups excluding carboxylic acids is 2. The van der Waals surface area contributed by atoms with E-state index in [1.54, 1.807) is 7.11 Å². The number of hydrogen-bond acceptors (Lipinski definition) is 7. The van der Waals surface area contributed by atoms with Crippen LogP contribution in [0.15, 0.2) is 36.4 Å². The van der Waals surface area contributed by atoms with E-state index in [1.807, 2.05) is 36.4 Å². The summed E-state index contributed by atoms with van der Waals surface area (Å²) in [7, 11) is 9.46. The normalized spacial score (nSPS) is 14.3. The van der Waals surface area contributed by atoms with E-state index in [1.165, 1.54) is 18.4 Å². The second-order valence-corrected chi connectivity index (χ2v) is 11.7. The molecule has 0 unspecified atom stereocenters. The molecule has 3 aromatic rings. The van der Waals surface area contributed by atoms with Gasteiger partial charge in [-0.05, 0) is 24.0 Å². The third-order valence-electron chi connectivity index (χ3n) is 6.72. The number of hydrogen-bond donors (Lipinski definition) is 1. The Kier molecular flexibility index (Phi) is 8.04. The molecule has 8 nitrogen and oxygen atoms in total. The van der Waals surface area contributed by atoms with Crippen LogP contribution in [0.1, 0.15) is 29.0 Å². The highest BCUT2D eigenvalue weighted by atomic mass is 32.1. The van der Waals surface area contributed by atoms with Crippen molar-refractivity contribution in [3.05, 3.63) is 52.5 Å². The Morgan fingerprint density at radius 3 is 2.41 bits per heavy atom. The minimum absolute atomic E-state index is 0.0375. The van der Waals surface area contributed by atoms with Gasteiger partial charge in [0.1, 0.15) is 5.01 Å². The van der Waals surface area contributed by atoms with Crippen LogP contribution >= 0.6 is 11.3 Å². The summed E-state index contributed by atoms with van der Waals surface area (Å²) in [6, 6.07) is 11.8. The molecule has 0 radical (unpaired) electrons. The second kappa shape index (κ2) is 11.1. The van der Waals surface area contributed by atoms with Crippen molar-refractivity contribution in [2.75, 3.05) is 48.5 Å². The molecule has 0 atom stereocenters. The summed E-state index contributed by atoms with van der Waals surface area (Å²) < 4.78 is 18.3. The molecule has 0 saturated heterocycles. The lowest BCUT2D eigenvalue weighted by molar-refractivity contribution is -0.870. The second-order valence-electron chi connectivity index (χ2n) is 10.6. The van der Waals surface area contributed by atoms with Crippen LogP contribution in [0.5, 0.6) is 11.5 Å². The third kappa shape index (κ3) is 6.40. The van der Waals surface area contributed by atoms with E-state index in [-0.39, 0.29) is 24.8 Å². The Hall–Kier alpha value is -3.17. The van der Waals surface area contributed by atoms with Crippen molar-refractivity contribution in [1.82, 2.24) is 10.3 Å². The summed E-state index contributed by atoms with van der Waals surface area (Å²) in [6.07, 6.45) is 1.98. The number of amides is 1. The molecule has 9 heteroatoms. The van der Waals surface area contributed by atoms with Gasteiger partial charge in [-0.2, -0.15) is 0 Å². The van der Waals surface area contributed by atoms with Crippen molar-refractivity contribution >= 4 is 33.4 Å². The average Bonchev–Trinajstić information content (AvgIpc) is 3.44. The average molecular weight is 527 g/mol. The number of benzene rings is 2. The van der Waals surface area contributed by atoms with Crippen LogP contribution in [0, 0.1) is 5.41 Å². The van der Waals surface area contributed by atoms with Crippen molar-refractivity contribution in [1.29, 1.82) is 0 Å². The highest BCUT2D eigenvalue weighted by Gasteiger charge is 2.45. The summed E-state index contributed by atoms with van der Waals surface area (Å²) >= 11 is 1.50. The maximum Gasteiger partial charge on any atom is 0.306 e. The molecule has 37 heavy (non-hydrogen) atoms. The number of nitrogens with zero attached hydrogens (tertiary/aromatic N) is 2. The summed E-state index contributed by atoms with van der Waals surface area (Å²) in [6.45, 7) is 1.88. The maximum absolute atomic E-state index is 13.5. The summed E-state index contributed by atoms with van der Waals surface area (Å²) in [5.74, 6) is 0.784. The van der Waals surface area contributed by atoms with Gasteiger partial charge in [-0.25, -0.2) is 4.98 Å². The summed E-state index contributed by atoms with van der Waals surface area (Å²) in [5, 5.41) is 3.82. The first-order valence-corrected chi connectivity index (χ1v) is 13.3. The fourth-order valence-electron chi connectivity index (χ4n) is 4.80. The number of esters is 1. The quantitative estimate of drug-likeness (QED) is 0.233. The first-order chi connectivity index (χ1) is 17.6. The Morgan fingerprint density at radius 2 is 1.78 bits per heavy atom. The van der Waals surface area contributed by atoms with Crippen LogP contribution in [0.4, 0.5) is 0 Å². The van der Waals surface area contributed by atoms with Gasteiger partial charge in [-0.3, -0.25) is 9.59 Å². The van der Waals surface area contributed by atoms with E-state index in [9.17, 15) is 9.59 Å². The van der Waals surface area contributed by atoms with Gasteiger partial charge in [0, 0.05) is 18.6 Å². The zero-order valence-electron chi connectivity index (χ0n) is 22.3. The van der Waals surface area contributed by atoms with Crippen LogP contribution in [0.2, 0.25) is 0 Å². The molecule has 0 bridgehead atoms. The predicted octanol–water partition coefficient (Wildman–Crippen LogP) is 3.74. The molecule has 0 saturated carbocycles. The van der Waals surface area contributed by atoms with Crippen LogP contribution in [0.3, 0.4) is 0 Å². The van der Waals surface area contributed by atoms with Crippen LogP contribution in [-0.2, 0) is 33.7 Å². The number of thiazole rings is 1. The predicted molar refractivity (Wildman–Crippen MR) is 144 cm³/mol. The van der Waals surface area contributed by atoms with Crippen molar-refractivity contribution in [2.24, 2.45) is 5.41 Å². The lowest BCUT2D eigenvalue weighted by Gasteiger charge is -2.26.